The highest BCUT2D eigenvalue weighted by molar-refractivity contribution is 4.84. The van der Waals surface area contributed by atoms with E-state index in [1.165, 1.54) is 38.5 Å². The maximum absolute atomic E-state index is 3.61. The van der Waals surface area contributed by atoms with Gasteiger partial charge in [-0.15, -0.1) is 0 Å². The Morgan fingerprint density at radius 3 is 2.69 bits per heavy atom. The first-order valence-corrected chi connectivity index (χ1v) is 7.14. The van der Waals surface area contributed by atoms with Crippen LogP contribution in [0.5, 0.6) is 0 Å². The third-order valence-corrected chi connectivity index (χ3v) is 4.12. The molecule has 0 aromatic carbocycles. The molecule has 0 aliphatic heterocycles. The molecule has 0 heterocycles. The van der Waals surface area contributed by atoms with Crippen molar-refractivity contribution >= 4 is 0 Å². The van der Waals surface area contributed by atoms with Gasteiger partial charge in [-0.05, 0) is 46.2 Å². The fourth-order valence-electron chi connectivity index (χ4n) is 2.99. The molecule has 16 heavy (non-hydrogen) atoms. The van der Waals surface area contributed by atoms with Crippen molar-refractivity contribution in [2.24, 2.45) is 0 Å². The lowest BCUT2D eigenvalue weighted by atomic mass is 9.89. The number of hydrogen-bond donors (Lipinski definition) is 1. The standard InChI is InChI=1S/C14H30N2/c1-5-8-12(3)16(4)14-10-7-9-13(11-14)15-6-2/h12-15H,5-11H2,1-4H3. The molecule has 0 bridgehead atoms. The number of nitrogens with one attached hydrogen (secondary N) is 1. The molecule has 3 unspecified atom stereocenters. The summed E-state index contributed by atoms with van der Waals surface area (Å²) in [5, 5.41) is 3.61. The van der Waals surface area contributed by atoms with Crippen LogP contribution in [0, 0.1) is 0 Å². The average Bonchev–Trinajstić information content (AvgIpc) is 2.29. The summed E-state index contributed by atoms with van der Waals surface area (Å²) < 4.78 is 0. The Morgan fingerprint density at radius 1 is 1.31 bits per heavy atom. The first-order chi connectivity index (χ1) is 7.69. The van der Waals surface area contributed by atoms with E-state index in [4.69, 9.17) is 0 Å². The van der Waals surface area contributed by atoms with Gasteiger partial charge in [-0.25, -0.2) is 0 Å². The number of rotatable bonds is 6. The summed E-state index contributed by atoms with van der Waals surface area (Å²) in [7, 11) is 2.32. The molecule has 3 atom stereocenters. The average molecular weight is 226 g/mol. The van der Waals surface area contributed by atoms with Crippen molar-refractivity contribution < 1.29 is 0 Å². The van der Waals surface area contributed by atoms with Gasteiger partial charge in [-0.3, -0.25) is 0 Å². The summed E-state index contributed by atoms with van der Waals surface area (Å²) >= 11 is 0. The van der Waals surface area contributed by atoms with Gasteiger partial charge >= 0.3 is 0 Å². The van der Waals surface area contributed by atoms with Crippen LogP contribution >= 0.6 is 0 Å². The molecular formula is C14H30N2. The molecule has 0 aromatic heterocycles. The molecule has 0 radical (unpaired) electrons. The third-order valence-electron chi connectivity index (χ3n) is 4.12. The minimum atomic E-state index is 0.746. The lowest BCUT2D eigenvalue weighted by Crippen LogP contribution is -2.45. The normalized spacial score (nSPS) is 28.3. The highest BCUT2D eigenvalue weighted by Crippen LogP contribution is 2.24. The number of nitrogens with zero attached hydrogens (tertiary/aromatic N) is 1. The maximum atomic E-state index is 3.61. The van der Waals surface area contributed by atoms with Crippen molar-refractivity contribution in [2.45, 2.75) is 77.4 Å². The first kappa shape index (κ1) is 14.0. The Labute approximate surface area is 102 Å². The van der Waals surface area contributed by atoms with Gasteiger partial charge in [0.1, 0.15) is 0 Å². The maximum Gasteiger partial charge on any atom is 0.0110 e. The zero-order valence-electron chi connectivity index (χ0n) is 11.6. The summed E-state index contributed by atoms with van der Waals surface area (Å²) in [6, 6.07) is 2.31. The van der Waals surface area contributed by atoms with E-state index in [9.17, 15) is 0 Å². The van der Waals surface area contributed by atoms with Gasteiger partial charge in [0.15, 0.2) is 0 Å². The van der Waals surface area contributed by atoms with Crippen LogP contribution in [0.3, 0.4) is 0 Å². The Kier molecular flexibility index (Phi) is 6.37. The smallest absolute Gasteiger partial charge is 0.0110 e. The van der Waals surface area contributed by atoms with Gasteiger partial charge in [0.05, 0.1) is 0 Å². The van der Waals surface area contributed by atoms with Crippen LogP contribution in [0.15, 0.2) is 0 Å². The Morgan fingerprint density at radius 2 is 2.06 bits per heavy atom. The van der Waals surface area contributed by atoms with Gasteiger partial charge in [0.25, 0.3) is 0 Å². The summed E-state index contributed by atoms with van der Waals surface area (Å²) in [5.74, 6) is 0. The second-order valence-electron chi connectivity index (χ2n) is 5.38. The molecule has 2 nitrogen and oxygen atoms in total. The molecule has 0 saturated heterocycles. The monoisotopic (exact) mass is 226 g/mol. The molecule has 1 aliphatic rings. The number of hydrogen-bond acceptors (Lipinski definition) is 2. The van der Waals surface area contributed by atoms with E-state index in [0.29, 0.717) is 0 Å². The van der Waals surface area contributed by atoms with E-state index in [-0.39, 0.29) is 0 Å². The van der Waals surface area contributed by atoms with E-state index in [1.807, 2.05) is 0 Å². The zero-order valence-corrected chi connectivity index (χ0v) is 11.6. The molecule has 0 aromatic rings. The molecule has 96 valence electrons. The van der Waals surface area contributed by atoms with Crippen molar-refractivity contribution in [3.05, 3.63) is 0 Å². The molecule has 1 rings (SSSR count). The molecule has 1 fully saturated rings. The largest absolute Gasteiger partial charge is 0.314 e. The van der Waals surface area contributed by atoms with E-state index in [2.05, 4.69) is 38.0 Å². The SMILES string of the molecule is CCCC(C)N(C)C1CCCC(NCC)C1. The van der Waals surface area contributed by atoms with Crippen molar-refractivity contribution in [1.29, 1.82) is 0 Å². The van der Waals surface area contributed by atoms with Crippen LogP contribution in [0.2, 0.25) is 0 Å². The van der Waals surface area contributed by atoms with Gasteiger partial charge in [-0.1, -0.05) is 26.7 Å². The van der Waals surface area contributed by atoms with Crippen LogP contribution in [0.25, 0.3) is 0 Å². The fourth-order valence-corrected chi connectivity index (χ4v) is 2.99. The quantitative estimate of drug-likeness (QED) is 0.749. The molecular weight excluding hydrogens is 196 g/mol. The Balaban J connectivity index is 2.39. The van der Waals surface area contributed by atoms with Crippen LogP contribution in [-0.2, 0) is 0 Å². The predicted molar refractivity (Wildman–Crippen MR) is 71.9 cm³/mol. The Bertz CT molecular complexity index is 176. The summed E-state index contributed by atoms with van der Waals surface area (Å²) in [4.78, 5) is 2.62. The van der Waals surface area contributed by atoms with Crippen molar-refractivity contribution in [1.82, 2.24) is 10.2 Å². The second-order valence-corrected chi connectivity index (χ2v) is 5.38. The topological polar surface area (TPSA) is 15.3 Å². The summed E-state index contributed by atoms with van der Waals surface area (Å²) in [6.07, 6.45) is 8.14. The molecule has 1 aliphatic carbocycles. The van der Waals surface area contributed by atoms with E-state index < -0.39 is 0 Å². The highest BCUT2D eigenvalue weighted by Gasteiger charge is 2.26. The molecule has 0 amide bonds. The van der Waals surface area contributed by atoms with E-state index >= 15 is 0 Å². The minimum Gasteiger partial charge on any atom is -0.314 e. The molecule has 1 saturated carbocycles. The van der Waals surface area contributed by atoms with Crippen molar-refractivity contribution in [3.63, 3.8) is 0 Å². The van der Waals surface area contributed by atoms with Crippen LogP contribution < -0.4 is 5.32 Å². The van der Waals surface area contributed by atoms with Gasteiger partial charge in [0.2, 0.25) is 0 Å². The lowest BCUT2D eigenvalue weighted by molar-refractivity contribution is 0.125. The predicted octanol–water partition coefficient (Wildman–Crippen LogP) is 3.03. The van der Waals surface area contributed by atoms with Gasteiger partial charge in [-0.2, -0.15) is 0 Å². The van der Waals surface area contributed by atoms with Gasteiger partial charge in [0, 0.05) is 18.1 Å². The van der Waals surface area contributed by atoms with Crippen LogP contribution in [-0.4, -0.2) is 36.6 Å². The third kappa shape index (κ3) is 4.06. The zero-order chi connectivity index (χ0) is 12.0. The van der Waals surface area contributed by atoms with Crippen LogP contribution in [0.4, 0.5) is 0 Å². The van der Waals surface area contributed by atoms with Crippen LogP contribution in [0.1, 0.15) is 59.3 Å². The second kappa shape index (κ2) is 7.29. The Hall–Kier alpha value is -0.0800. The first-order valence-electron chi connectivity index (χ1n) is 7.14. The van der Waals surface area contributed by atoms with E-state index in [0.717, 1.165) is 24.7 Å². The highest BCUT2D eigenvalue weighted by atomic mass is 15.2. The molecule has 0 spiro atoms. The van der Waals surface area contributed by atoms with Gasteiger partial charge < -0.3 is 10.2 Å². The van der Waals surface area contributed by atoms with E-state index in [1.54, 1.807) is 0 Å². The minimum absolute atomic E-state index is 0.746. The summed E-state index contributed by atoms with van der Waals surface area (Å²) in [6.45, 7) is 7.99. The summed E-state index contributed by atoms with van der Waals surface area (Å²) in [5.41, 5.74) is 0. The van der Waals surface area contributed by atoms with Crippen molar-refractivity contribution in [3.8, 4) is 0 Å². The molecule has 1 N–H and O–H groups in total. The fraction of sp³-hybridized carbons (Fsp3) is 1.00. The molecule has 2 heteroatoms. The lowest BCUT2D eigenvalue weighted by Gasteiger charge is -2.38. The van der Waals surface area contributed by atoms with Crippen molar-refractivity contribution in [2.75, 3.05) is 13.6 Å².